The molecule has 0 unspecified atom stereocenters. The van der Waals surface area contributed by atoms with E-state index in [1.807, 2.05) is 42.6 Å². The summed E-state index contributed by atoms with van der Waals surface area (Å²) in [4.78, 5) is 4.12. The molecule has 0 fully saturated rings. The van der Waals surface area contributed by atoms with Crippen LogP contribution >= 0.6 is 11.6 Å². The average molecular weight is 255 g/mol. The number of fused-ring (bicyclic) bond motifs is 1. The van der Waals surface area contributed by atoms with Crippen molar-refractivity contribution in [1.29, 1.82) is 0 Å². The van der Waals surface area contributed by atoms with Crippen LogP contribution in [0.4, 0.5) is 5.69 Å². The number of hydrogen-bond acceptors (Lipinski definition) is 2. The van der Waals surface area contributed by atoms with Crippen LogP contribution in [0.15, 0.2) is 54.9 Å². The number of rotatable bonds is 1. The molecule has 0 radical (unpaired) electrons. The maximum absolute atomic E-state index is 6.07. The Morgan fingerprint density at radius 3 is 2.72 bits per heavy atom. The van der Waals surface area contributed by atoms with Crippen molar-refractivity contribution in [3.63, 3.8) is 0 Å². The quantitative estimate of drug-likeness (QED) is 0.663. The van der Waals surface area contributed by atoms with Crippen molar-refractivity contribution in [3.05, 3.63) is 59.9 Å². The minimum absolute atomic E-state index is 0.720. The molecule has 3 rings (SSSR count). The number of hydrogen-bond donors (Lipinski definition) is 1. The normalized spacial score (nSPS) is 10.7. The lowest BCUT2D eigenvalue weighted by molar-refractivity contribution is 1.36. The van der Waals surface area contributed by atoms with Gasteiger partial charge in [0.1, 0.15) is 0 Å². The Morgan fingerprint density at radius 1 is 1.00 bits per heavy atom. The Kier molecular flexibility index (Phi) is 2.65. The monoisotopic (exact) mass is 254 g/mol. The van der Waals surface area contributed by atoms with Crippen LogP contribution in [0, 0.1) is 0 Å². The van der Waals surface area contributed by atoms with Crippen LogP contribution in [0.3, 0.4) is 0 Å². The largest absolute Gasteiger partial charge is 0.398 e. The first-order chi connectivity index (χ1) is 8.74. The van der Waals surface area contributed by atoms with E-state index in [0.29, 0.717) is 0 Å². The summed E-state index contributed by atoms with van der Waals surface area (Å²) in [6.45, 7) is 0. The van der Waals surface area contributed by atoms with Gasteiger partial charge in [-0.2, -0.15) is 0 Å². The van der Waals surface area contributed by atoms with E-state index < -0.39 is 0 Å². The third kappa shape index (κ3) is 1.91. The fourth-order valence-electron chi connectivity index (χ4n) is 2.07. The lowest BCUT2D eigenvalue weighted by Gasteiger charge is -2.07. The summed E-state index contributed by atoms with van der Waals surface area (Å²) in [5.41, 5.74) is 8.93. The molecule has 0 aliphatic carbocycles. The molecule has 0 aliphatic rings. The van der Waals surface area contributed by atoms with E-state index in [-0.39, 0.29) is 0 Å². The second kappa shape index (κ2) is 4.31. The molecule has 0 bridgehead atoms. The van der Waals surface area contributed by atoms with Gasteiger partial charge in [0.15, 0.2) is 0 Å². The van der Waals surface area contributed by atoms with Gasteiger partial charge in [-0.3, -0.25) is 4.98 Å². The van der Waals surface area contributed by atoms with E-state index >= 15 is 0 Å². The predicted molar refractivity (Wildman–Crippen MR) is 76.6 cm³/mol. The van der Waals surface area contributed by atoms with E-state index in [1.54, 1.807) is 6.20 Å². The molecule has 2 aromatic carbocycles. The van der Waals surface area contributed by atoms with Gasteiger partial charge in [0.25, 0.3) is 0 Å². The highest BCUT2D eigenvalue weighted by atomic mass is 35.5. The smallest absolute Gasteiger partial charge is 0.0412 e. The van der Waals surface area contributed by atoms with Gasteiger partial charge >= 0.3 is 0 Å². The molecular weight excluding hydrogens is 244 g/mol. The van der Waals surface area contributed by atoms with Crippen LogP contribution in [0.5, 0.6) is 0 Å². The summed E-state index contributed by atoms with van der Waals surface area (Å²) in [7, 11) is 0. The number of nitrogens with zero attached hydrogens (tertiary/aromatic N) is 1. The third-order valence-corrected chi connectivity index (χ3v) is 3.18. The second-order valence-corrected chi connectivity index (χ2v) is 4.61. The van der Waals surface area contributed by atoms with Crippen LogP contribution in [-0.2, 0) is 0 Å². The van der Waals surface area contributed by atoms with E-state index in [4.69, 9.17) is 17.3 Å². The summed E-state index contributed by atoms with van der Waals surface area (Å²) in [6, 6.07) is 13.7. The molecule has 2 nitrogen and oxygen atoms in total. The first kappa shape index (κ1) is 11.1. The number of anilines is 1. The SMILES string of the molecule is Nc1cc(-c2cccc(Cl)c2)cc2cnccc12. The highest BCUT2D eigenvalue weighted by molar-refractivity contribution is 6.30. The van der Waals surface area contributed by atoms with Gasteiger partial charge in [0, 0.05) is 33.9 Å². The Balaban J connectivity index is 2.24. The number of nitrogens with two attached hydrogens (primary N) is 1. The number of nitrogen functional groups attached to an aromatic ring is 1. The summed E-state index contributed by atoms with van der Waals surface area (Å²) in [6.07, 6.45) is 3.57. The van der Waals surface area contributed by atoms with Crippen LogP contribution in [0.25, 0.3) is 21.9 Å². The van der Waals surface area contributed by atoms with Crippen molar-refractivity contribution in [2.75, 3.05) is 5.73 Å². The highest BCUT2D eigenvalue weighted by Crippen LogP contribution is 2.29. The minimum Gasteiger partial charge on any atom is -0.398 e. The Morgan fingerprint density at radius 2 is 1.89 bits per heavy atom. The molecule has 0 saturated carbocycles. The first-order valence-electron chi connectivity index (χ1n) is 5.63. The van der Waals surface area contributed by atoms with Crippen LogP contribution in [0.1, 0.15) is 0 Å². The number of benzene rings is 2. The zero-order chi connectivity index (χ0) is 12.5. The molecule has 0 saturated heterocycles. The topological polar surface area (TPSA) is 38.9 Å². The van der Waals surface area contributed by atoms with E-state index in [0.717, 1.165) is 32.6 Å². The van der Waals surface area contributed by atoms with Gasteiger partial charge in [-0.1, -0.05) is 23.7 Å². The van der Waals surface area contributed by atoms with Gasteiger partial charge in [0.2, 0.25) is 0 Å². The van der Waals surface area contributed by atoms with Crippen molar-refractivity contribution in [1.82, 2.24) is 4.98 Å². The molecule has 0 amide bonds. The number of halogens is 1. The van der Waals surface area contributed by atoms with E-state index in [1.165, 1.54) is 0 Å². The molecule has 3 heteroatoms. The van der Waals surface area contributed by atoms with Crippen molar-refractivity contribution >= 4 is 28.1 Å². The molecular formula is C15H11ClN2. The molecule has 0 atom stereocenters. The molecule has 1 heterocycles. The third-order valence-electron chi connectivity index (χ3n) is 2.94. The average Bonchev–Trinajstić information content (AvgIpc) is 2.39. The molecule has 3 aromatic rings. The Bertz CT molecular complexity index is 723. The zero-order valence-electron chi connectivity index (χ0n) is 9.60. The second-order valence-electron chi connectivity index (χ2n) is 4.17. The molecule has 0 spiro atoms. The fraction of sp³-hybridized carbons (Fsp3) is 0. The zero-order valence-corrected chi connectivity index (χ0v) is 10.4. The molecule has 2 N–H and O–H groups in total. The Labute approximate surface area is 110 Å². The van der Waals surface area contributed by atoms with Crippen LogP contribution < -0.4 is 5.73 Å². The van der Waals surface area contributed by atoms with Crippen molar-refractivity contribution < 1.29 is 0 Å². The lowest BCUT2D eigenvalue weighted by Crippen LogP contribution is -1.89. The predicted octanol–water partition coefficient (Wildman–Crippen LogP) is 4.14. The number of aromatic nitrogens is 1. The minimum atomic E-state index is 0.720. The molecule has 0 aliphatic heterocycles. The summed E-state index contributed by atoms with van der Waals surface area (Å²) < 4.78 is 0. The summed E-state index contributed by atoms with van der Waals surface area (Å²) in [5.74, 6) is 0. The van der Waals surface area contributed by atoms with Crippen LogP contribution in [-0.4, -0.2) is 4.98 Å². The summed E-state index contributed by atoms with van der Waals surface area (Å²) >= 11 is 6.01. The maximum atomic E-state index is 6.07. The van der Waals surface area contributed by atoms with E-state index in [9.17, 15) is 0 Å². The van der Waals surface area contributed by atoms with Crippen LogP contribution in [0.2, 0.25) is 5.02 Å². The van der Waals surface area contributed by atoms with Gasteiger partial charge in [-0.25, -0.2) is 0 Å². The lowest BCUT2D eigenvalue weighted by atomic mass is 10.0. The van der Waals surface area contributed by atoms with Gasteiger partial charge in [0.05, 0.1) is 0 Å². The van der Waals surface area contributed by atoms with Crippen molar-refractivity contribution in [2.24, 2.45) is 0 Å². The first-order valence-corrected chi connectivity index (χ1v) is 6.01. The maximum Gasteiger partial charge on any atom is 0.0412 e. The Hall–Kier alpha value is -2.06. The van der Waals surface area contributed by atoms with Crippen molar-refractivity contribution in [2.45, 2.75) is 0 Å². The highest BCUT2D eigenvalue weighted by Gasteiger charge is 2.04. The van der Waals surface area contributed by atoms with Gasteiger partial charge in [-0.05, 0) is 41.5 Å². The molecule has 18 heavy (non-hydrogen) atoms. The summed E-state index contributed by atoms with van der Waals surface area (Å²) in [5, 5.41) is 2.78. The van der Waals surface area contributed by atoms with Gasteiger partial charge in [-0.15, -0.1) is 0 Å². The molecule has 1 aromatic heterocycles. The standard InChI is InChI=1S/C15H11ClN2/c16-13-3-1-2-10(7-13)11-6-12-9-18-5-4-14(12)15(17)8-11/h1-9H,17H2. The van der Waals surface area contributed by atoms with Gasteiger partial charge < -0.3 is 5.73 Å². The molecule has 88 valence electrons. The number of pyridine rings is 1. The van der Waals surface area contributed by atoms with Crippen molar-refractivity contribution in [3.8, 4) is 11.1 Å². The fourth-order valence-corrected chi connectivity index (χ4v) is 2.26. The van der Waals surface area contributed by atoms with E-state index in [2.05, 4.69) is 11.1 Å².